The molecule has 20 heavy (non-hydrogen) atoms. The molecular formula is C14H20N4OS. The molecule has 1 fully saturated rings. The molecule has 0 radical (unpaired) electrons. The number of anilines is 1. The van der Waals surface area contributed by atoms with Crippen LogP contribution in [0.4, 0.5) is 5.82 Å². The van der Waals surface area contributed by atoms with Gasteiger partial charge in [-0.3, -0.25) is 0 Å². The molecular weight excluding hydrogens is 272 g/mol. The molecule has 0 aliphatic heterocycles. The van der Waals surface area contributed by atoms with Gasteiger partial charge in [0.15, 0.2) is 0 Å². The lowest BCUT2D eigenvalue weighted by molar-refractivity contribution is 0.0313. The van der Waals surface area contributed by atoms with Crippen LogP contribution in [0.1, 0.15) is 25.7 Å². The number of thiophene rings is 1. The summed E-state index contributed by atoms with van der Waals surface area (Å²) in [5.74, 6) is 0.902. The number of aromatic nitrogens is 2. The van der Waals surface area contributed by atoms with Crippen LogP contribution < -0.4 is 11.1 Å². The Morgan fingerprint density at radius 2 is 2.15 bits per heavy atom. The number of rotatable bonds is 5. The van der Waals surface area contributed by atoms with Crippen LogP contribution >= 0.6 is 11.3 Å². The molecule has 0 saturated heterocycles. The zero-order valence-electron chi connectivity index (χ0n) is 11.4. The van der Waals surface area contributed by atoms with Crippen molar-refractivity contribution in [2.24, 2.45) is 5.73 Å². The van der Waals surface area contributed by atoms with Crippen LogP contribution in [0.3, 0.4) is 0 Å². The molecule has 0 amide bonds. The summed E-state index contributed by atoms with van der Waals surface area (Å²) in [6.07, 6.45) is 6.32. The topological polar surface area (TPSA) is 73.1 Å². The van der Waals surface area contributed by atoms with E-state index < -0.39 is 0 Å². The average Bonchev–Trinajstić information content (AvgIpc) is 2.94. The molecule has 3 N–H and O–H groups in total. The molecule has 0 unspecified atom stereocenters. The van der Waals surface area contributed by atoms with Crippen LogP contribution in [0, 0.1) is 0 Å². The predicted molar refractivity (Wildman–Crippen MR) is 82.1 cm³/mol. The van der Waals surface area contributed by atoms with Crippen LogP contribution in [-0.4, -0.2) is 35.3 Å². The molecule has 1 saturated carbocycles. The molecule has 0 spiro atoms. The molecule has 0 bridgehead atoms. The van der Waals surface area contributed by atoms with E-state index in [2.05, 4.69) is 15.3 Å². The summed E-state index contributed by atoms with van der Waals surface area (Å²) in [6.45, 7) is 1.48. The fraction of sp³-hybridized carbons (Fsp3) is 0.571. The molecule has 5 nitrogen and oxygen atoms in total. The van der Waals surface area contributed by atoms with E-state index in [-0.39, 0.29) is 0 Å². The smallest absolute Gasteiger partial charge is 0.147 e. The maximum Gasteiger partial charge on any atom is 0.147 e. The highest BCUT2D eigenvalue weighted by Crippen LogP contribution is 2.24. The largest absolute Gasteiger partial charge is 0.376 e. The Morgan fingerprint density at radius 3 is 3.00 bits per heavy atom. The van der Waals surface area contributed by atoms with Gasteiger partial charge < -0.3 is 15.8 Å². The van der Waals surface area contributed by atoms with Crippen molar-refractivity contribution in [2.45, 2.75) is 37.8 Å². The number of nitrogens with two attached hydrogens (primary N) is 1. The van der Waals surface area contributed by atoms with Crippen molar-refractivity contribution in [2.75, 3.05) is 18.5 Å². The second-order valence-corrected chi connectivity index (χ2v) is 6.11. The van der Waals surface area contributed by atoms with Crippen molar-refractivity contribution < 1.29 is 4.74 Å². The van der Waals surface area contributed by atoms with Crippen molar-refractivity contribution >= 4 is 27.4 Å². The number of nitrogens with zero attached hydrogens (tertiary/aromatic N) is 2. The quantitative estimate of drug-likeness (QED) is 0.828. The molecule has 6 heteroatoms. The van der Waals surface area contributed by atoms with Gasteiger partial charge in [-0.05, 0) is 37.1 Å². The van der Waals surface area contributed by atoms with E-state index in [1.54, 1.807) is 17.7 Å². The van der Waals surface area contributed by atoms with Gasteiger partial charge in [-0.1, -0.05) is 0 Å². The number of hydrogen-bond acceptors (Lipinski definition) is 6. The van der Waals surface area contributed by atoms with Gasteiger partial charge in [0.2, 0.25) is 0 Å². The van der Waals surface area contributed by atoms with E-state index in [0.29, 0.717) is 18.8 Å². The Hall–Kier alpha value is -1.24. The highest BCUT2D eigenvalue weighted by molar-refractivity contribution is 7.17. The number of ether oxygens (including phenoxy) is 1. The fourth-order valence-corrected chi connectivity index (χ4v) is 3.38. The highest BCUT2D eigenvalue weighted by Gasteiger charge is 2.18. The van der Waals surface area contributed by atoms with E-state index in [1.807, 2.05) is 11.4 Å². The predicted octanol–water partition coefficient (Wildman–Crippen LogP) is 2.39. The second-order valence-electron chi connectivity index (χ2n) is 5.19. The monoisotopic (exact) mass is 292 g/mol. The molecule has 2 aromatic heterocycles. The molecule has 0 aromatic carbocycles. The van der Waals surface area contributed by atoms with Gasteiger partial charge >= 0.3 is 0 Å². The lowest BCUT2D eigenvalue weighted by Crippen LogP contribution is -2.31. The summed E-state index contributed by atoms with van der Waals surface area (Å²) in [6, 6.07) is 2.38. The zero-order chi connectivity index (χ0) is 13.8. The van der Waals surface area contributed by atoms with Crippen molar-refractivity contribution in [1.82, 2.24) is 9.97 Å². The third kappa shape index (κ3) is 3.26. The molecule has 0 atom stereocenters. The minimum Gasteiger partial charge on any atom is -0.376 e. The molecule has 2 aromatic rings. The average molecular weight is 292 g/mol. The summed E-state index contributed by atoms with van der Waals surface area (Å²) < 4.78 is 7.00. The molecule has 3 rings (SSSR count). The Balaban J connectivity index is 1.45. The lowest BCUT2D eigenvalue weighted by atomic mass is 9.94. The van der Waals surface area contributed by atoms with Crippen LogP contribution in [0.25, 0.3) is 10.2 Å². The zero-order valence-corrected chi connectivity index (χ0v) is 12.2. The number of hydrogen-bond donors (Lipinski definition) is 2. The van der Waals surface area contributed by atoms with Crippen LogP contribution in [0.5, 0.6) is 0 Å². The van der Waals surface area contributed by atoms with Gasteiger partial charge in [-0.25, -0.2) is 9.97 Å². The maximum absolute atomic E-state index is 5.89. The van der Waals surface area contributed by atoms with Gasteiger partial charge in [-0.15, -0.1) is 11.3 Å². The number of fused-ring (bicyclic) bond motifs is 1. The molecule has 1 aliphatic rings. The Kier molecular flexibility index (Phi) is 4.44. The second kappa shape index (κ2) is 6.47. The molecule has 2 heterocycles. The van der Waals surface area contributed by atoms with Crippen LogP contribution in [0.15, 0.2) is 17.8 Å². The van der Waals surface area contributed by atoms with Gasteiger partial charge in [0.05, 0.1) is 22.9 Å². The van der Waals surface area contributed by atoms with Crippen molar-refractivity contribution in [1.29, 1.82) is 0 Å². The Morgan fingerprint density at radius 1 is 1.30 bits per heavy atom. The Labute approximate surface area is 122 Å². The highest BCUT2D eigenvalue weighted by atomic mass is 32.1. The molecule has 108 valence electrons. The first-order valence-corrected chi connectivity index (χ1v) is 8.00. The van der Waals surface area contributed by atoms with E-state index in [1.165, 1.54) is 0 Å². The maximum atomic E-state index is 5.89. The van der Waals surface area contributed by atoms with Crippen molar-refractivity contribution in [3.05, 3.63) is 17.8 Å². The first-order chi connectivity index (χ1) is 9.83. The van der Waals surface area contributed by atoms with Gasteiger partial charge in [0, 0.05) is 12.6 Å². The number of nitrogens with one attached hydrogen (secondary N) is 1. The standard InChI is InChI=1S/C14H20N4OS/c15-10-1-3-11(4-2-10)19-7-6-16-14-13-12(5-8-20-13)17-9-18-14/h5,8-11H,1-4,6-7,15H2,(H,16,17,18). The van der Waals surface area contributed by atoms with Gasteiger partial charge in [0.25, 0.3) is 0 Å². The van der Waals surface area contributed by atoms with E-state index >= 15 is 0 Å². The van der Waals surface area contributed by atoms with Crippen LogP contribution in [0.2, 0.25) is 0 Å². The third-order valence-corrected chi connectivity index (χ3v) is 4.62. The third-order valence-electron chi connectivity index (χ3n) is 3.71. The summed E-state index contributed by atoms with van der Waals surface area (Å²) >= 11 is 1.66. The normalized spacial score (nSPS) is 23.1. The molecule has 1 aliphatic carbocycles. The van der Waals surface area contributed by atoms with Gasteiger partial charge in [-0.2, -0.15) is 0 Å². The summed E-state index contributed by atoms with van der Waals surface area (Å²) in [5, 5.41) is 5.37. The van der Waals surface area contributed by atoms with Crippen molar-refractivity contribution in [3.8, 4) is 0 Å². The minimum atomic E-state index is 0.376. The van der Waals surface area contributed by atoms with Crippen LogP contribution in [-0.2, 0) is 4.74 Å². The minimum absolute atomic E-state index is 0.376. The van der Waals surface area contributed by atoms with E-state index in [0.717, 1.165) is 48.3 Å². The summed E-state index contributed by atoms with van der Waals surface area (Å²) in [5.41, 5.74) is 6.88. The Bertz CT molecular complexity index is 551. The van der Waals surface area contributed by atoms with E-state index in [9.17, 15) is 0 Å². The summed E-state index contributed by atoms with van der Waals surface area (Å²) in [7, 11) is 0. The lowest BCUT2D eigenvalue weighted by Gasteiger charge is -2.26. The van der Waals surface area contributed by atoms with Gasteiger partial charge in [0.1, 0.15) is 12.1 Å². The SMILES string of the molecule is NC1CCC(OCCNc2ncnc3ccsc23)CC1. The summed E-state index contributed by atoms with van der Waals surface area (Å²) in [4.78, 5) is 8.52. The van der Waals surface area contributed by atoms with Crippen molar-refractivity contribution in [3.63, 3.8) is 0 Å². The fourth-order valence-electron chi connectivity index (χ4n) is 2.57. The first kappa shape index (κ1) is 13.7. The van der Waals surface area contributed by atoms with E-state index in [4.69, 9.17) is 10.5 Å². The first-order valence-electron chi connectivity index (χ1n) is 7.12.